The van der Waals surface area contributed by atoms with Gasteiger partial charge in [-0.15, -0.1) is 4.91 Å². The van der Waals surface area contributed by atoms with Gasteiger partial charge in [-0.3, -0.25) is 4.57 Å². The van der Waals surface area contributed by atoms with Crippen LogP contribution in [-0.2, 0) is 0 Å². The number of fused-ring (bicyclic) bond motifs is 1. The quantitative estimate of drug-likeness (QED) is 0.647. The van der Waals surface area contributed by atoms with Crippen LogP contribution in [0.3, 0.4) is 0 Å². The van der Waals surface area contributed by atoms with E-state index in [0.29, 0.717) is 26.6 Å². The second kappa shape index (κ2) is 5.06. The summed E-state index contributed by atoms with van der Waals surface area (Å²) in [6, 6.07) is 10.5. The molecule has 0 aliphatic rings. The van der Waals surface area contributed by atoms with Crippen LogP contribution in [-0.4, -0.2) is 9.67 Å². The van der Waals surface area contributed by atoms with Crippen molar-refractivity contribution in [2.75, 3.05) is 0 Å². The summed E-state index contributed by atoms with van der Waals surface area (Å²) in [7, 11) is 0. The molecule has 0 aliphatic carbocycles. The monoisotopic (exact) mass is 320 g/mol. The summed E-state index contributed by atoms with van der Waals surface area (Å²) < 4.78 is 1.45. The maximum Gasteiger partial charge on any atom is 0.227 e. The molecule has 0 bridgehead atoms. The van der Waals surface area contributed by atoms with Crippen LogP contribution in [0.4, 0.5) is 5.69 Å². The van der Waals surface area contributed by atoms with Crippen molar-refractivity contribution >= 4 is 39.8 Å². The van der Waals surface area contributed by atoms with Crippen LogP contribution >= 0.6 is 23.2 Å². The maximum atomic E-state index is 11.0. The second-order valence-electron chi connectivity index (χ2n) is 4.64. The smallest absolute Gasteiger partial charge is 0.227 e. The zero-order valence-electron chi connectivity index (χ0n) is 11.0. The Kier molecular flexibility index (Phi) is 3.35. The highest BCUT2D eigenvalue weighted by molar-refractivity contribution is 6.38. The van der Waals surface area contributed by atoms with Crippen LogP contribution in [0, 0.1) is 11.8 Å². The first-order chi connectivity index (χ1) is 10.1. The van der Waals surface area contributed by atoms with Gasteiger partial charge in [0.25, 0.3) is 0 Å². The van der Waals surface area contributed by atoms with E-state index in [1.807, 2.05) is 6.92 Å². The van der Waals surface area contributed by atoms with Crippen molar-refractivity contribution < 1.29 is 5.11 Å². The molecule has 0 atom stereocenters. The Balaban J connectivity index is 2.50. The molecule has 1 aromatic heterocycles. The van der Waals surface area contributed by atoms with E-state index in [-0.39, 0.29) is 11.6 Å². The van der Waals surface area contributed by atoms with Gasteiger partial charge in [0.05, 0.1) is 21.2 Å². The Morgan fingerprint density at radius 3 is 2.57 bits per heavy atom. The van der Waals surface area contributed by atoms with Gasteiger partial charge in [0.2, 0.25) is 5.88 Å². The third kappa shape index (κ3) is 1.99. The van der Waals surface area contributed by atoms with Gasteiger partial charge in [-0.1, -0.05) is 47.5 Å². The number of rotatable bonds is 2. The van der Waals surface area contributed by atoms with Gasteiger partial charge < -0.3 is 5.11 Å². The van der Waals surface area contributed by atoms with Crippen LogP contribution in [0.2, 0.25) is 10.0 Å². The van der Waals surface area contributed by atoms with Gasteiger partial charge >= 0.3 is 0 Å². The summed E-state index contributed by atoms with van der Waals surface area (Å²) in [6.45, 7) is 1.84. The molecule has 2 aromatic carbocycles. The van der Waals surface area contributed by atoms with Gasteiger partial charge in [-0.2, -0.15) is 0 Å². The highest BCUT2D eigenvalue weighted by atomic mass is 35.5. The fourth-order valence-corrected chi connectivity index (χ4v) is 2.91. The lowest BCUT2D eigenvalue weighted by atomic mass is 10.2. The minimum atomic E-state index is -0.277. The van der Waals surface area contributed by atoms with Gasteiger partial charge in [0, 0.05) is 5.39 Å². The molecule has 0 radical (unpaired) electrons. The highest BCUT2D eigenvalue weighted by Crippen LogP contribution is 2.44. The van der Waals surface area contributed by atoms with Crippen molar-refractivity contribution in [2.45, 2.75) is 6.92 Å². The first kappa shape index (κ1) is 13.9. The summed E-state index contributed by atoms with van der Waals surface area (Å²) in [6.07, 6.45) is 0. The number of benzene rings is 2. The maximum absolute atomic E-state index is 11.0. The average molecular weight is 321 g/mol. The molecule has 1 heterocycles. The van der Waals surface area contributed by atoms with Crippen molar-refractivity contribution in [3.8, 4) is 11.6 Å². The number of hydrogen-bond donors (Lipinski definition) is 1. The molecule has 6 heteroatoms. The first-order valence-electron chi connectivity index (χ1n) is 6.17. The third-order valence-electron chi connectivity index (χ3n) is 3.40. The predicted molar refractivity (Wildman–Crippen MR) is 85.2 cm³/mol. The van der Waals surface area contributed by atoms with E-state index in [9.17, 15) is 10.0 Å². The molecule has 0 aliphatic heterocycles. The summed E-state index contributed by atoms with van der Waals surface area (Å²) >= 11 is 12.6. The number of hydrogen-bond acceptors (Lipinski definition) is 3. The Hall–Kier alpha value is -2.04. The molecule has 3 aromatic rings. The van der Waals surface area contributed by atoms with E-state index in [4.69, 9.17) is 23.2 Å². The average Bonchev–Trinajstić information content (AvgIpc) is 2.76. The third-order valence-corrected chi connectivity index (χ3v) is 4.18. The van der Waals surface area contributed by atoms with Crippen molar-refractivity contribution in [1.29, 1.82) is 0 Å². The van der Waals surface area contributed by atoms with Crippen molar-refractivity contribution in [3.63, 3.8) is 0 Å². The minimum absolute atomic E-state index is 0.0285. The lowest BCUT2D eigenvalue weighted by molar-refractivity contribution is 0.446. The Morgan fingerprint density at radius 2 is 1.86 bits per heavy atom. The number of para-hydroxylation sites is 1. The molecule has 1 N–H and O–H groups in total. The predicted octanol–water partition coefficient (Wildman–Crippen LogP) is 5.35. The van der Waals surface area contributed by atoms with E-state index in [1.165, 1.54) is 4.57 Å². The largest absolute Gasteiger partial charge is 0.493 e. The van der Waals surface area contributed by atoms with E-state index < -0.39 is 0 Å². The van der Waals surface area contributed by atoms with Crippen LogP contribution in [0.15, 0.2) is 41.6 Å². The molecular weight excluding hydrogens is 311 g/mol. The molecule has 0 fully saturated rings. The molecule has 21 heavy (non-hydrogen) atoms. The fraction of sp³-hybridized carbons (Fsp3) is 0.0667. The van der Waals surface area contributed by atoms with Gasteiger partial charge in [-0.05, 0) is 29.8 Å². The molecule has 3 rings (SSSR count). The SMILES string of the molecule is Cc1ccc(Cl)c(-n2c(O)c(N=O)c3ccccc32)c1Cl. The van der Waals surface area contributed by atoms with E-state index >= 15 is 0 Å². The zero-order chi connectivity index (χ0) is 15.1. The van der Waals surface area contributed by atoms with Crippen LogP contribution in [0.5, 0.6) is 5.88 Å². The number of halogens is 2. The van der Waals surface area contributed by atoms with Crippen molar-refractivity contribution in [2.24, 2.45) is 5.18 Å². The molecule has 106 valence electrons. The number of aromatic hydroxyl groups is 1. The topological polar surface area (TPSA) is 54.6 Å². The molecule has 4 nitrogen and oxygen atoms in total. The molecular formula is C15H10Cl2N2O2. The lowest BCUT2D eigenvalue weighted by Gasteiger charge is -2.13. The van der Waals surface area contributed by atoms with Crippen LogP contribution in [0.25, 0.3) is 16.6 Å². The molecule has 0 amide bonds. The molecule has 0 unspecified atom stereocenters. The fourth-order valence-electron chi connectivity index (χ4n) is 2.37. The Bertz CT molecular complexity index is 872. The summed E-state index contributed by atoms with van der Waals surface area (Å²) in [5.74, 6) is -0.277. The number of nitroso groups, excluding NO2 is 1. The normalized spacial score (nSPS) is 11.0. The van der Waals surface area contributed by atoms with E-state index in [1.54, 1.807) is 36.4 Å². The molecule has 0 spiro atoms. The summed E-state index contributed by atoms with van der Waals surface area (Å²) in [4.78, 5) is 11.0. The number of nitrogens with zero attached hydrogens (tertiary/aromatic N) is 2. The Labute approximate surface area is 130 Å². The highest BCUT2D eigenvalue weighted by Gasteiger charge is 2.22. The summed E-state index contributed by atoms with van der Waals surface area (Å²) in [5, 5.41) is 14.6. The second-order valence-corrected chi connectivity index (χ2v) is 5.43. The molecule has 0 saturated carbocycles. The minimum Gasteiger partial charge on any atom is -0.493 e. The first-order valence-corrected chi connectivity index (χ1v) is 6.92. The van der Waals surface area contributed by atoms with Crippen LogP contribution in [0.1, 0.15) is 5.56 Å². The standard InChI is InChI=1S/C15H10Cl2N2O2/c1-8-6-7-10(16)14(12(8)17)19-11-5-3-2-4-9(11)13(18-21)15(19)20/h2-7,20H,1H3. The van der Waals surface area contributed by atoms with E-state index in [0.717, 1.165) is 5.56 Å². The number of aryl methyl sites for hydroxylation is 1. The van der Waals surface area contributed by atoms with Crippen molar-refractivity contribution in [3.05, 3.63) is 56.9 Å². The zero-order valence-corrected chi connectivity index (χ0v) is 12.5. The molecule has 0 saturated heterocycles. The van der Waals surface area contributed by atoms with E-state index in [2.05, 4.69) is 5.18 Å². The summed E-state index contributed by atoms with van der Waals surface area (Å²) in [5.41, 5.74) is 1.83. The van der Waals surface area contributed by atoms with Gasteiger partial charge in [-0.25, -0.2) is 0 Å². The Morgan fingerprint density at radius 1 is 1.14 bits per heavy atom. The van der Waals surface area contributed by atoms with Crippen LogP contribution < -0.4 is 0 Å². The van der Waals surface area contributed by atoms with Crippen molar-refractivity contribution in [1.82, 2.24) is 4.57 Å². The van der Waals surface area contributed by atoms with Gasteiger partial charge in [0.1, 0.15) is 0 Å². The van der Waals surface area contributed by atoms with Gasteiger partial charge in [0.15, 0.2) is 5.69 Å². The lowest BCUT2D eigenvalue weighted by Crippen LogP contribution is -1.97. The number of aromatic nitrogens is 1.